The van der Waals surface area contributed by atoms with Gasteiger partial charge in [-0.15, -0.1) is 10.2 Å². The van der Waals surface area contributed by atoms with Crippen LogP contribution in [0.15, 0.2) is 43.9 Å². The fourth-order valence-corrected chi connectivity index (χ4v) is 5.97. The zero-order valence-electron chi connectivity index (χ0n) is 16.9. The van der Waals surface area contributed by atoms with Crippen LogP contribution in [0.1, 0.15) is 19.4 Å². The van der Waals surface area contributed by atoms with E-state index in [0.29, 0.717) is 10.0 Å². The van der Waals surface area contributed by atoms with Gasteiger partial charge in [0.05, 0.1) is 10.1 Å². The van der Waals surface area contributed by atoms with Crippen LogP contribution in [0, 0.1) is 6.92 Å². The van der Waals surface area contributed by atoms with Crippen molar-refractivity contribution < 1.29 is 13.2 Å². The highest BCUT2D eigenvalue weighted by Gasteiger charge is 2.21. The van der Waals surface area contributed by atoms with Crippen molar-refractivity contribution in [2.24, 2.45) is 0 Å². The lowest BCUT2D eigenvalue weighted by molar-refractivity contribution is -0.115. The highest BCUT2D eigenvalue weighted by atomic mass is 32.2. The van der Waals surface area contributed by atoms with Crippen molar-refractivity contribution in [3.63, 3.8) is 0 Å². The Bertz CT molecular complexity index is 1000. The van der Waals surface area contributed by atoms with Gasteiger partial charge in [-0.3, -0.25) is 4.79 Å². The van der Waals surface area contributed by atoms with Crippen molar-refractivity contribution in [1.29, 1.82) is 0 Å². The number of carbonyl (C=O) groups is 1. The number of carbonyl (C=O) groups excluding carboxylic acids is 1. The van der Waals surface area contributed by atoms with E-state index >= 15 is 0 Å². The second kappa shape index (κ2) is 10.1. The number of amides is 1. The Hall–Kier alpha value is -1.40. The number of aromatic nitrogens is 2. The Morgan fingerprint density at radius 2 is 1.97 bits per heavy atom. The van der Waals surface area contributed by atoms with Crippen molar-refractivity contribution in [3.05, 3.63) is 35.9 Å². The molecule has 1 N–H and O–H groups in total. The summed E-state index contributed by atoms with van der Waals surface area (Å²) in [6, 6.07) is 4.70. The van der Waals surface area contributed by atoms with Gasteiger partial charge in [0.1, 0.15) is 0 Å². The predicted octanol–water partition coefficient (Wildman–Crippen LogP) is 3.88. The molecule has 2 rings (SSSR count). The third-order valence-corrected chi connectivity index (χ3v) is 9.00. The van der Waals surface area contributed by atoms with Gasteiger partial charge in [-0.05, 0) is 38.5 Å². The van der Waals surface area contributed by atoms with E-state index in [2.05, 4.69) is 22.1 Å². The number of hydrogen-bond donors (Lipinski definition) is 1. The van der Waals surface area contributed by atoms with E-state index in [1.54, 1.807) is 24.8 Å². The standard InChI is InChI=1S/C18H24N4O3S4/c1-11(2)10-26-17-20-21-18(28-17)27-13(4)16(23)19-15-9-14(8-7-12(15)3)29(24,25)22(5)6/h7-9,13H,1,10H2,2-6H3,(H,19,23)/t13-/m0/s1. The fourth-order valence-electron chi connectivity index (χ4n) is 2.03. The molecule has 0 radical (unpaired) electrons. The van der Waals surface area contributed by atoms with Crippen LogP contribution in [0.3, 0.4) is 0 Å². The lowest BCUT2D eigenvalue weighted by atomic mass is 10.2. The summed E-state index contributed by atoms with van der Waals surface area (Å²) in [5.74, 6) is 0.546. The lowest BCUT2D eigenvalue weighted by Crippen LogP contribution is -2.24. The monoisotopic (exact) mass is 472 g/mol. The van der Waals surface area contributed by atoms with E-state index in [1.165, 1.54) is 49.3 Å². The van der Waals surface area contributed by atoms with E-state index in [9.17, 15) is 13.2 Å². The van der Waals surface area contributed by atoms with E-state index in [1.807, 2.05) is 13.8 Å². The summed E-state index contributed by atoms with van der Waals surface area (Å²) in [4.78, 5) is 12.8. The summed E-state index contributed by atoms with van der Waals surface area (Å²) in [7, 11) is -0.639. The number of nitrogens with one attached hydrogen (secondary N) is 1. The van der Waals surface area contributed by atoms with Gasteiger partial charge >= 0.3 is 0 Å². The summed E-state index contributed by atoms with van der Waals surface area (Å²) < 4.78 is 27.4. The molecule has 0 unspecified atom stereocenters. The van der Waals surface area contributed by atoms with Gasteiger partial charge in [0.15, 0.2) is 8.68 Å². The molecule has 29 heavy (non-hydrogen) atoms. The number of anilines is 1. The van der Waals surface area contributed by atoms with Crippen LogP contribution in [0.5, 0.6) is 0 Å². The zero-order valence-corrected chi connectivity index (χ0v) is 20.2. The minimum absolute atomic E-state index is 0.131. The fraction of sp³-hybridized carbons (Fsp3) is 0.389. The predicted molar refractivity (Wildman–Crippen MR) is 121 cm³/mol. The Labute approximate surface area is 184 Å². The van der Waals surface area contributed by atoms with Gasteiger partial charge in [-0.25, -0.2) is 12.7 Å². The van der Waals surface area contributed by atoms with Crippen LogP contribution >= 0.6 is 34.9 Å². The average Bonchev–Trinajstić information content (AvgIpc) is 3.08. The van der Waals surface area contributed by atoms with Crippen molar-refractivity contribution >= 4 is 56.5 Å². The minimum Gasteiger partial charge on any atom is -0.325 e. The highest BCUT2D eigenvalue weighted by molar-refractivity contribution is 8.04. The number of sulfonamides is 1. The minimum atomic E-state index is -3.58. The number of hydrogen-bond acceptors (Lipinski definition) is 8. The molecular formula is C18H24N4O3S4. The molecule has 158 valence electrons. The number of rotatable bonds is 9. The molecule has 0 aliphatic heterocycles. The van der Waals surface area contributed by atoms with E-state index < -0.39 is 15.3 Å². The Morgan fingerprint density at radius 3 is 2.59 bits per heavy atom. The third kappa shape index (κ3) is 6.54. The van der Waals surface area contributed by atoms with Crippen molar-refractivity contribution in [2.45, 2.75) is 39.6 Å². The van der Waals surface area contributed by atoms with Crippen LogP contribution in [0.2, 0.25) is 0 Å². The lowest BCUT2D eigenvalue weighted by Gasteiger charge is -2.15. The average molecular weight is 473 g/mol. The first kappa shape index (κ1) is 23.9. The zero-order chi connectivity index (χ0) is 21.8. The Kier molecular flexibility index (Phi) is 8.29. The van der Waals surface area contributed by atoms with Crippen LogP contribution in [-0.2, 0) is 14.8 Å². The summed E-state index contributed by atoms with van der Waals surface area (Å²) in [5.41, 5.74) is 2.31. The first-order chi connectivity index (χ1) is 13.5. The molecule has 1 atom stereocenters. The molecule has 0 bridgehead atoms. The SMILES string of the molecule is C=C(C)CSc1nnc(S[C@@H](C)C(=O)Nc2cc(S(=O)(=O)N(C)C)ccc2C)s1. The first-order valence-corrected chi connectivity index (χ1v) is 12.7. The Balaban J connectivity index is 2.07. The van der Waals surface area contributed by atoms with E-state index in [4.69, 9.17) is 0 Å². The molecule has 1 heterocycles. The van der Waals surface area contributed by atoms with Gasteiger partial charge in [0.2, 0.25) is 15.9 Å². The van der Waals surface area contributed by atoms with Gasteiger partial charge in [0.25, 0.3) is 0 Å². The van der Waals surface area contributed by atoms with Crippen LogP contribution in [0.4, 0.5) is 5.69 Å². The summed E-state index contributed by atoms with van der Waals surface area (Å²) in [5, 5.41) is 10.6. The van der Waals surface area contributed by atoms with E-state index in [0.717, 1.165) is 25.5 Å². The van der Waals surface area contributed by atoms with Crippen LogP contribution < -0.4 is 5.32 Å². The molecule has 0 fully saturated rings. The highest BCUT2D eigenvalue weighted by Crippen LogP contribution is 2.32. The molecule has 0 aliphatic carbocycles. The molecule has 0 saturated heterocycles. The number of nitrogens with zero attached hydrogens (tertiary/aromatic N) is 3. The largest absolute Gasteiger partial charge is 0.325 e. The molecule has 11 heteroatoms. The van der Waals surface area contributed by atoms with Crippen molar-refractivity contribution in [3.8, 4) is 0 Å². The van der Waals surface area contributed by atoms with Crippen molar-refractivity contribution in [2.75, 3.05) is 25.2 Å². The van der Waals surface area contributed by atoms with Gasteiger partial charge in [-0.2, -0.15) is 0 Å². The molecule has 1 aromatic carbocycles. The summed E-state index contributed by atoms with van der Waals surface area (Å²) in [6.45, 7) is 9.41. The van der Waals surface area contributed by atoms with Crippen molar-refractivity contribution in [1.82, 2.24) is 14.5 Å². The van der Waals surface area contributed by atoms with E-state index in [-0.39, 0.29) is 10.8 Å². The van der Waals surface area contributed by atoms with Gasteiger partial charge < -0.3 is 5.32 Å². The second-order valence-electron chi connectivity index (χ2n) is 6.59. The first-order valence-electron chi connectivity index (χ1n) is 8.62. The summed E-state index contributed by atoms with van der Waals surface area (Å²) in [6.07, 6.45) is 0. The molecule has 2 aromatic rings. The molecule has 0 saturated carbocycles. The summed E-state index contributed by atoms with van der Waals surface area (Å²) >= 11 is 4.32. The second-order valence-corrected chi connectivity index (χ2v) is 12.5. The van der Waals surface area contributed by atoms with Crippen LogP contribution in [-0.4, -0.2) is 53.9 Å². The third-order valence-electron chi connectivity index (χ3n) is 3.72. The quantitative estimate of drug-likeness (QED) is 0.437. The molecule has 7 nitrogen and oxygen atoms in total. The molecule has 1 aromatic heterocycles. The molecule has 0 spiro atoms. The Morgan fingerprint density at radius 1 is 1.31 bits per heavy atom. The normalized spacial score (nSPS) is 12.8. The maximum absolute atomic E-state index is 12.6. The maximum Gasteiger partial charge on any atom is 0.242 e. The smallest absolute Gasteiger partial charge is 0.242 e. The number of aryl methyl sites for hydroxylation is 1. The number of benzene rings is 1. The maximum atomic E-state index is 12.6. The molecular weight excluding hydrogens is 448 g/mol. The topological polar surface area (TPSA) is 92.3 Å². The number of thioether (sulfide) groups is 2. The van der Waals surface area contributed by atoms with Crippen LogP contribution in [0.25, 0.3) is 0 Å². The van der Waals surface area contributed by atoms with Gasteiger partial charge in [0, 0.05) is 25.5 Å². The molecule has 1 amide bonds. The molecule has 0 aliphatic rings. The van der Waals surface area contributed by atoms with Gasteiger partial charge in [-0.1, -0.05) is 53.1 Å².